The average Bonchev–Trinajstić information content (AvgIpc) is 3.60. The van der Waals surface area contributed by atoms with E-state index in [4.69, 9.17) is 4.74 Å². The van der Waals surface area contributed by atoms with Crippen molar-refractivity contribution in [3.05, 3.63) is 28.2 Å². The highest BCUT2D eigenvalue weighted by Crippen LogP contribution is 2.35. The van der Waals surface area contributed by atoms with Crippen molar-refractivity contribution in [3.8, 4) is 0 Å². The fourth-order valence-electron chi connectivity index (χ4n) is 6.01. The van der Waals surface area contributed by atoms with Crippen LogP contribution in [0.15, 0.2) is 22.7 Å². The Kier molecular flexibility index (Phi) is 7.89. The number of aliphatic hydroxyl groups is 1. The lowest BCUT2D eigenvalue weighted by atomic mass is 9.98. The molecule has 198 valence electrons. The van der Waals surface area contributed by atoms with Crippen LogP contribution < -0.4 is 10.2 Å². The number of thioether (sulfide) groups is 1. The number of halogens is 1. The molecule has 4 heterocycles. The van der Waals surface area contributed by atoms with E-state index < -0.39 is 11.8 Å². The van der Waals surface area contributed by atoms with E-state index in [1.807, 2.05) is 23.6 Å². The van der Waals surface area contributed by atoms with Gasteiger partial charge in [-0.3, -0.25) is 14.5 Å². The summed E-state index contributed by atoms with van der Waals surface area (Å²) < 4.78 is 7.04. The molecule has 1 aromatic carbocycles. The number of benzene rings is 1. The second-order valence-electron chi connectivity index (χ2n) is 11.1. The van der Waals surface area contributed by atoms with Crippen LogP contribution in [0.4, 0.5) is 5.69 Å². The van der Waals surface area contributed by atoms with Crippen LogP contribution in [0, 0.1) is 5.92 Å². The Morgan fingerprint density at radius 3 is 2.83 bits per heavy atom. The predicted molar refractivity (Wildman–Crippen MR) is 145 cm³/mol. The van der Waals surface area contributed by atoms with Crippen LogP contribution in [0.25, 0.3) is 0 Å². The van der Waals surface area contributed by atoms with E-state index in [2.05, 4.69) is 44.3 Å². The lowest BCUT2D eigenvalue weighted by molar-refractivity contribution is -0.166. The van der Waals surface area contributed by atoms with Crippen LogP contribution in [0.5, 0.6) is 0 Å². The Morgan fingerprint density at radius 1 is 1.25 bits per heavy atom. The number of anilines is 1. The molecule has 10 heteroatoms. The zero-order valence-corrected chi connectivity index (χ0v) is 23.5. The number of hydrogen-bond donors (Lipinski definition) is 2. The maximum absolute atomic E-state index is 13.0. The van der Waals surface area contributed by atoms with Gasteiger partial charge in [-0.05, 0) is 56.9 Å². The molecule has 36 heavy (non-hydrogen) atoms. The van der Waals surface area contributed by atoms with Gasteiger partial charge in [-0.1, -0.05) is 15.9 Å². The van der Waals surface area contributed by atoms with Crippen LogP contribution in [-0.2, 0) is 20.7 Å². The number of amides is 1. The fraction of sp³-hybridized carbons (Fsp3) is 0.692. The summed E-state index contributed by atoms with van der Waals surface area (Å²) in [7, 11) is 0. The van der Waals surface area contributed by atoms with Crippen LogP contribution in [0.1, 0.15) is 38.7 Å². The summed E-state index contributed by atoms with van der Waals surface area (Å²) >= 11 is 5.33. The normalized spacial score (nSPS) is 29.0. The van der Waals surface area contributed by atoms with Gasteiger partial charge in [0.05, 0.1) is 17.8 Å². The number of hydrogen-bond acceptors (Lipinski definition) is 8. The van der Waals surface area contributed by atoms with Gasteiger partial charge in [-0.15, -0.1) is 11.8 Å². The molecule has 4 aliphatic heterocycles. The van der Waals surface area contributed by atoms with Gasteiger partial charge in [0.2, 0.25) is 5.91 Å². The smallest absolute Gasteiger partial charge is 0.310 e. The Hall–Kier alpha value is -1.33. The second-order valence-corrected chi connectivity index (χ2v) is 13.0. The number of carbonyl (C=O) groups excluding carboxylic acids is 2. The predicted octanol–water partition coefficient (Wildman–Crippen LogP) is 2.43. The summed E-state index contributed by atoms with van der Waals surface area (Å²) in [5.41, 5.74) is 1.91. The molecular weight excluding hydrogens is 544 g/mol. The lowest BCUT2D eigenvalue weighted by Crippen LogP contribution is -2.54. The number of nitrogens with one attached hydrogen (secondary N) is 1. The van der Waals surface area contributed by atoms with E-state index >= 15 is 0 Å². The number of carbonyl (C=O) groups is 2. The highest BCUT2D eigenvalue weighted by molar-refractivity contribution is 9.10. The summed E-state index contributed by atoms with van der Waals surface area (Å²) in [4.78, 5) is 32.0. The molecule has 0 aromatic heterocycles. The monoisotopic (exact) mass is 580 g/mol. The maximum Gasteiger partial charge on any atom is 0.310 e. The molecule has 1 aromatic rings. The van der Waals surface area contributed by atoms with Crippen molar-refractivity contribution in [2.75, 3.05) is 49.3 Å². The van der Waals surface area contributed by atoms with Gasteiger partial charge in [-0.2, -0.15) is 0 Å². The molecule has 4 aliphatic rings. The molecule has 0 aliphatic carbocycles. The topological polar surface area (TPSA) is 85.3 Å². The van der Waals surface area contributed by atoms with Gasteiger partial charge < -0.3 is 25.0 Å². The van der Waals surface area contributed by atoms with Crippen LogP contribution in [0.3, 0.4) is 0 Å². The molecule has 0 bridgehead atoms. The number of esters is 1. The van der Waals surface area contributed by atoms with Gasteiger partial charge in [0.1, 0.15) is 11.8 Å². The van der Waals surface area contributed by atoms with E-state index in [0.717, 1.165) is 48.6 Å². The van der Waals surface area contributed by atoms with Crippen molar-refractivity contribution >= 4 is 45.3 Å². The van der Waals surface area contributed by atoms with Crippen LogP contribution in [0.2, 0.25) is 0 Å². The summed E-state index contributed by atoms with van der Waals surface area (Å²) in [6, 6.07) is 6.46. The summed E-state index contributed by atoms with van der Waals surface area (Å²) in [5, 5.41) is 14.2. The third-order valence-corrected chi connectivity index (χ3v) is 9.31. The Bertz CT molecular complexity index is 989. The number of likely N-dealkylation sites (tertiary alicyclic amines) is 1. The Morgan fingerprint density at radius 2 is 2.08 bits per heavy atom. The molecule has 2 N–H and O–H groups in total. The van der Waals surface area contributed by atoms with E-state index in [1.165, 1.54) is 11.3 Å². The minimum atomic E-state index is -0.731. The molecular formula is C26H37BrN4O4S. The van der Waals surface area contributed by atoms with Crippen molar-refractivity contribution in [3.63, 3.8) is 0 Å². The van der Waals surface area contributed by atoms with E-state index in [-0.39, 0.29) is 23.8 Å². The van der Waals surface area contributed by atoms with Crippen molar-refractivity contribution < 1.29 is 19.4 Å². The number of nitrogens with zero attached hydrogens (tertiary/aromatic N) is 3. The highest BCUT2D eigenvalue weighted by atomic mass is 79.9. The van der Waals surface area contributed by atoms with Crippen LogP contribution >= 0.6 is 27.7 Å². The minimum absolute atomic E-state index is 0.0915. The van der Waals surface area contributed by atoms with Crippen molar-refractivity contribution in [2.45, 2.75) is 63.4 Å². The first-order valence-corrected chi connectivity index (χ1v) is 14.9. The van der Waals surface area contributed by atoms with E-state index in [1.54, 1.807) is 11.8 Å². The summed E-state index contributed by atoms with van der Waals surface area (Å²) in [6.07, 6.45) is 2.58. The quantitative estimate of drug-likeness (QED) is 0.496. The van der Waals surface area contributed by atoms with E-state index in [9.17, 15) is 14.7 Å². The molecule has 5 rings (SSSR count). The van der Waals surface area contributed by atoms with Gasteiger partial charge in [-0.25, -0.2) is 0 Å². The van der Waals surface area contributed by atoms with Crippen molar-refractivity contribution in [2.24, 2.45) is 5.92 Å². The molecule has 3 saturated heterocycles. The first-order chi connectivity index (χ1) is 17.2. The minimum Gasteiger partial charge on any atom is -0.458 e. The number of fused-ring (bicyclic) bond motifs is 1. The van der Waals surface area contributed by atoms with Crippen molar-refractivity contribution in [1.82, 2.24) is 15.1 Å². The number of aliphatic hydroxyl groups excluding tert-OH is 1. The van der Waals surface area contributed by atoms with Gasteiger partial charge in [0.25, 0.3) is 0 Å². The second kappa shape index (κ2) is 10.8. The van der Waals surface area contributed by atoms with Gasteiger partial charge in [0, 0.05) is 61.1 Å². The average molecular weight is 582 g/mol. The SMILES string of the molecule is CC(C)(CN1CCC(N2CCc3cc(Br)ccc32)C[C@@H]1O)OC(=O)[C@@H]1CNC(C(=O)N2CCSC2)C1. The maximum atomic E-state index is 13.0. The molecule has 8 nitrogen and oxygen atoms in total. The molecule has 0 radical (unpaired) electrons. The molecule has 0 saturated carbocycles. The number of piperidine rings is 1. The van der Waals surface area contributed by atoms with Gasteiger partial charge >= 0.3 is 5.97 Å². The zero-order chi connectivity index (χ0) is 25.4. The standard InChI is InChI=1S/C26H37BrN4O4S/c1-26(2,35-25(34)18-12-21(28-14-18)24(33)30-9-10-36-16-30)15-29-7-6-20(13-23(29)32)31-8-5-17-11-19(27)3-4-22(17)31/h3-4,11,18,20-21,23,28,32H,5-10,12-16H2,1-2H3/t18-,20?,21?,23-/m0/s1. The van der Waals surface area contributed by atoms with Gasteiger partial charge in [0.15, 0.2) is 0 Å². The summed E-state index contributed by atoms with van der Waals surface area (Å²) in [5.74, 6) is 1.22. The van der Waals surface area contributed by atoms with Crippen LogP contribution in [-0.4, -0.2) is 95.0 Å². The molecule has 1 amide bonds. The molecule has 3 fully saturated rings. The first kappa shape index (κ1) is 26.3. The highest BCUT2D eigenvalue weighted by Gasteiger charge is 2.40. The third-order valence-electron chi connectivity index (χ3n) is 7.86. The summed E-state index contributed by atoms with van der Waals surface area (Å²) in [6.45, 7) is 7.28. The van der Waals surface area contributed by atoms with Crippen molar-refractivity contribution in [1.29, 1.82) is 0 Å². The lowest BCUT2D eigenvalue weighted by Gasteiger charge is -2.43. The zero-order valence-electron chi connectivity index (χ0n) is 21.1. The number of ether oxygens (including phenoxy) is 1. The Labute approximate surface area is 226 Å². The largest absolute Gasteiger partial charge is 0.458 e. The molecule has 4 atom stereocenters. The molecule has 2 unspecified atom stereocenters. The Balaban J connectivity index is 1.11. The van der Waals surface area contributed by atoms with E-state index in [0.29, 0.717) is 32.0 Å². The first-order valence-electron chi connectivity index (χ1n) is 13.0. The molecule has 0 spiro atoms. The number of rotatable bonds is 6. The fourth-order valence-corrected chi connectivity index (χ4v) is 7.37. The third kappa shape index (κ3) is 5.72.